The Balaban J connectivity index is 1.81. The van der Waals surface area contributed by atoms with Gasteiger partial charge in [0.1, 0.15) is 11.5 Å². The molecule has 3 heteroatoms. The molecule has 0 saturated carbocycles. The van der Waals surface area contributed by atoms with Crippen LogP contribution in [-0.4, -0.2) is 18.2 Å². The summed E-state index contributed by atoms with van der Waals surface area (Å²) in [5, 5.41) is 0. The van der Waals surface area contributed by atoms with E-state index < -0.39 is 0 Å². The number of ether oxygens (including phenoxy) is 1. The molecule has 0 aromatic heterocycles. The maximum atomic E-state index is 11.4. The summed E-state index contributed by atoms with van der Waals surface area (Å²) in [5.41, 5.74) is 2.15. The lowest BCUT2D eigenvalue weighted by Crippen LogP contribution is -2.01. The van der Waals surface area contributed by atoms with Crippen molar-refractivity contribution >= 4 is 17.6 Å². The number of carbonyl (C=O) groups is 2. The number of benzene rings is 2. The molecule has 0 N–H and O–H groups in total. The van der Waals surface area contributed by atoms with Crippen LogP contribution in [0.2, 0.25) is 0 Å². The second-order valence-electron chi connectivity index (χ2n) is 5.33. The van der Waals surface area contributed by atoms with Gasteiger partial charge in [-0.1, -0.05) is 48.5 Å². The van der Waals surface area contributed by atoms with Crippen LogP contribution < -0.4 is 4.74 Å². The van der Waals surface area contributed by atoms with Crippen LogP contribution in [0.1, 0.15) is 24.5 Å². The molecule has 0 saturated heterocycles. The van der Waals surface area contributed by atoms with Gasteiger partial charge in [-0.15, -0.1) is 0 Å². The van der Waals surface area contributed by atoms with E-state index in [2.05, 4.69) is 12.1 Å². The van der Waals surface area contributed by atoms with Crippen molar-refractivity contribution in [3.8, 4) is 5.75 Å². The first-order valence-corrected chi connectivity index (χ1v) is 7.60. The zero-order chi connectivity index (χ0) is 16.5. The van der Waals surface area contributed by atoms with E-state index >= 15 is 0 Å². The van der Waals surface area contributed by atoms with Crippen molar-refractivity contribution in [1.82, 2.24) is 0 Å². The number of allylic oxidation sites excluding steroid dienone is 1. The lowest BCUT2D eigenvalue weighted by Gasteiger charge is -2.06. The lowest BCUT2D eigenvalue weighted by atomic mass is 10.1. The Morgan fingerprint density at radius 1 is 1.00 bits per heavy atom. The summed E-state index contributed by atoms with van der Waals surface area (Å²) in [6, 6.07) is 17.7. The molecule has 2 rings (SSSR count). The van der Waals surface area contributed by atoms with Crippen LogP contribution in [0.25, 0.3) is 6.08 Å². The summed E-state index contributed by atoms with van der Waals surface area (Å²) in [4.78, 5) is 22.3. The van der Waals surface area contributed by atoms with E-state index in [0.717, 1.165) is 17.7 Å². The molecule has 0 aliphatic rings. The van der Waals surface area contributed by atoms with Crippen LogP contribution in [-0.2, 0) is 16.0 Å². The van der Waals surface area contributed by atoms with E-state index in [1.807, 2.05) is 42.5 Å². The second-order valence-corrected chi connectivity index (χ2v) is 5.33. The molecule has 3 nitrogen and oxygen atoms in total. The monoisotopic (exact) mass is 308 g/mol. The normalized spacial score (nSPS) is 10.7. The third-order valence-corrected chi connectivity index (χ3v) is 3.27. The van der Waals surface area contributed by atoms with Crippen LogP contribution in [0.3, 0.4) is 0 Å². The summed E-state index contributed by atoms with van der Waals surface area (Å²) >= 11 is 0. The second kappa shape index (κ2) is 8.69. The third-order valence-electron chi connectivity index (χ3n) is 3.27. The van der Waals surface area contributed by atoms with Gasteiger partial charge in [0.15, 0.2) is 5.78 Å². The quantitative estimate of drug-likeness (QED) is 0.549. The van der Waals surface area contributed by atoms with Crippen molar-refractivity contribution in [2.45, 2.75) is 19.8 Å². The molecule has 118 valence electrons. The summed E-state index contributed by atoms with van der Waals surface area (Å²) in [5.74, 6) is 0.496. The van der Waals surface area contributed by atoms with Crippen LogP contribution in [0, 0.1) is 0 Å². The van der Waals surface area contributed by atoms with E-state index in [1.54, 1.807) is 6.08 Å². The van der Waals surface area contributed by atoms with E-state index in [9.17, 15) is 9.59 Å². The molecule has 0 bridgehead atoms. The first-order valence-electron chi connectivity index (χ1n) is 7.60. The minimum absolute atomic E-state index is 0.0445. The first kappa shape index (κ1) is 16.7. The van der Waals surface area contributed by atoms with Gasteiger partial charge in [0.05, 0.1) is 13.0 Å². The molecule has 0 aliphatic heterocycles. The topological polar surface area (TPSA) is 43.4 Å². The SMILES string of the molecule is CC(=O)CC(=O)C=Cc1ccc(OCCc2ccccc2)cc1. The molecule has 0 aliphatic carbocycles. The van der Waals surface area contributed by atoms with E-state index in [-0.39, 0.29) is 18.0 Å². The van der Waals surface area contributed by atoms with E-state index in [0.29, 0.717) is 6.61 Å². The average Bonchev–Trinajstić information content (AvgIpc) is 2.54. The minimum atomic E-state index is -0.180. The van der Waals surface area contributed by atoms with Crippen molar-refractivity contribution in [1.29, 1.82) is 0 Å². The Morgan fingerprint density at radius 2 is 1.70 bits per heavy atom. The number of Topliss-reactive ketones (excluding diaryl/α,β-unsaturated/α-hetero) is 1. The number of hydrogen-bond acceptors (Lipinski definition) is 3. The maximum absolute atomic E-state index is 11.4. The van der Waals surface area contributed by atoms with Crippen molar-refractivity contribution < 1.29 is 14.3 Å². The van der Waals surface area contributed by atoms with Gasteiger partial charge in [0.25, 0.3) is 0 Å². The summed E-state index contributed by atoms with van der Waals surface area (Å²) in [6.07, 6.45) is 3.96. The zero-order valence-corrected chi connectivity index (χ0v) is 13.2. The molecule has 2 aromatic rings. The highest BCUT2D eigenvalue weighted by Crippen LogP contribution is 2.14. The van der Waals surface area contributed by atoms with Crippen molar-refractivity contribution in [3.05, 3.63) is 71.8 Å². The first-order chi connectivity index (χ1) is 11.1. The fraction of sp³-hybridized carbons (Fsp3) is 0.200. The zero-order valence-electron chi connectivity index (χ0n) is 13.2. The highest BCUT2D eigenvalue weighted by atomic mass is 16.5. The Hall–Kier alpha value is -2.68. The van der Waals surface area contributed by atoms with E-state index in [4.69, 9.17) is 4.74 Å². The molecule has 0 radical (unpaired) electrons. The molecule has 0 unspecified atom stereocenters. The van der Waals surface area contributed by atoms with Crippen molar-refractivity contribution in [3.63, 3.8) is 0 Å². The molecular formula is C20H20O3. The Kier molecular flexibility index (Phi) is 6.30. The van der Waals surface area contributed by atoms with Gasteiger partial charge < -0.3 is 4.74 Å². The maximum Gasteiger partial charge on any atom is 0.163 e. The fourth-order valence-corrected chi connectivity index (χ4v) is 2.10. The number of carbonyl (C=O) groups excluding carboxylic acids is 2. The predicted octanol–water partition coefficient (Wildman–Crippen LogP) is 3.87. The van der Waals surface area contributed by atoms with Crippen LogP contribution >= 0.6 is 0 Å². The van der Waals surface area contributed by atoms with Gasteiger partial charge in [-0.2, -0.15) is 0 Å². The summed E-state index contributed by atoms with van der Waals surface area (Å²) in [6.45, 7) is 2.03. The molecule has 0 spiro atoms. The molecule has 0 amide bonds. The molecule has 0 fully saturated rings. The largest absolute Gasteiger partial charge is 0.493 e. The smallest absolute Gasteiger partial charge is 0.163 e. The standard InChI is InChI=1S/C20H20O3/c1-16(21)15-19(22)10-7-18-8-11-20(12-9-18)23-14-13-17-5-3-2-4-6-17/h2-12H,13-15H2,1H3. The average molecular weight is 308 g/mol. The Morgan fingerprint density at radius 3 is 2.35 bits per heavy atom. The third kappa shape index (κ3) is 6.30. The van der Waals surface area contributed by atoms with Crippen LogP contribution in [0.5, 0.6) is 5.75 Å². The number of hydrogen-bond donors (Lipinski definition) is 0. The van der Waals surface area contributed by atoms with Gasteiger partial charge in [0, 0.05) is 6.42 Å². The molecule has 0 heterocycles. The van der Waals surface area contributed by atoms with Gasteiger partial charge in [-0.25, -0.2) is 0 Å². The highest BCUT2D eigenvalue weighted by molar-refractivity contribution is 6.05. The van der Waals surface area contributed by atoms with Gasteiger partial charge in [-0.3, -0.25) is 9.59 Å². The van der Waals surface area contributed by atoms with Crippen molar-refractivity contribution in [2.75, 3.05) is 6.61 Å². The lowest BCUT2D eigenvalue weighted by molar-refractivity contribution is -0.123. The molecular weight excluding hydrogens is 288 g/mol. The van der Waals surface area contributed by atoms with Crippen LogP contribution in [0.15, 0.2) is 60.7 Å². The minimum Gasteiger partial charge on any atom is -0.493 e. The molecule has 0 atom stereocenters. The van der Waals surface area contributed by atoms with Gasteiger partial charge in [-0.05, 0) is 36.3 Å². The van der Waals surface area contributed by atoms with Gasteiger partial charge in [0.2, 0.25) is 0 Å². The number of rotatable bonds is 8. The summed E-state index contributed by atoms with van der Waals surface area (Å²) in [7, 11) is 0. The molecule has 23 heavy (non-hydrogen) atoms. The highest BCUT2D eigenvalue weighted by Gasteiger charge is 2.00. The van der Waals surface area contributed by atoms with E-state index in [1.165, 1.54) is 18.6 Å². The summed E-state index contributed by atoms with van der Waals surface area (Å²) < 4.78 is 5.71. The Bertz CT molecular complexity index is 670. The predicted molar refractivity (Wildman–Crippen MR) is 91.4 cm³/mol. The fourth-order valence-electron chi connectivity index (χ4n) is 2.10. The molecule has 2 aromatic carbocycles. The van der Waals surface area contributed by atoms with Crippen LogP contribution in [0.4, 0.5) is 0 Å². The Labute approximate surface area is 136 Å². The number of ketones is 2. The van der Waals surface area contributed by atoms with Gasteiger partial charge >= 0.3 is 0 Å². The van der Waals surface area contributed by atoms with Crippen molar-refractivity contribution in [2.24, 2.45) is 0 Å².